The summed E-state index contributed by atoms with van der Waals surface area (Å²) in [6.07, 6.45) is 3.57. The second-order valence-electron chi connectivity index (χ2n) is 6.31. The molecule has 4 nitrogen and oxygen atoms in total. The zero-order valence-corrected chi connectivity index (χ0v) is 15.5. The van der Waals surface area contributed by atoms with Gasteiger partial charge in [-0.25, -0.2) is 0 Å². The van der Waals surface area contributed by atoms with Crippen LogP contribution in [0, 0.1) is 0 Å². The number of nitrogens with one attached hydrogen (secondary N) is 1. The van der Waals surface area contributed by atoms with Crippen LogP contribution in [0.4, 0.5) is 0 Å². The Morgan fingerprint density at radius 3 is 2.29 bits per heavy atom. The summed E-state index contributed by atoms with van der Waals surface area (Å²) < 4.78 is 0. The van der Waals surface area contributed by atoms with Gasteiger partial charge in [-0.1, -0.05) is 51.1 Å². The summed E-state index contributed by atoms with van der Waals surface area (Å²) in [5.74, 6) is 0.0314. The first-order valence-electron chi connectivity index (χ1n) is 9.17. The van der Waals surface area contributed by atoms with E-state index < -0.39 is 0 Å². The van der Waals surface area contributed by atoms with Gasteiger partial charge in [-0.3, -0.25) is 9.59 Å². The second-order valence-corrected chi connectivity index (χ2v) is 6.31. The number of carbonyl (C=O) groups excluding carboxylic acids is 2. The molecule has 1 aromatic rings. The molecule has 0 radical (unpaired) electrons. The molecule has 0 fully saturated rings. The van der Waals surface area contributed by atoms with Crippen molar-refractivity contribution in [3.63, 3.8) is 0 Å². The summed E-state index contributed by atoms with van der Waals surface area (Å²) in [6, 6.07) is 9.84. The van der Waals surface area contributed by atoms with Crippen LogP contribution in [0.5, 0.6) is 0 Å². The average Bonchev–Trinajstić information content (AvgIpc) is 2.59. The van der Waals surface area contributed by atoms with Crippen LogP contribution in [0.25, 0.3) is 0 Å². The molecule has 2 unspecified atom stereocenters. The molecule has 0 saturated heterocycles. The molecule has 2 atom stereocenters. The highest BCUT2D eigenvalue weighted by atomic mass is 16.2. The van der Waals surface area contributed by atoms with Crippen LogP contribution in [-0.4, -0.2) is 35.3 Å². The van der Waals surface area contributed by atoms with Crippen LogP contribution < -0.4 is 5.32 Å². The summed E-state index contributed by atoms with van der Waals surface area (Å²) in [5, 5.41) is 3.02. The number of hydrogen-bond acceptors (Lipinski definition) is 2. The molecule has 24 heavy (non-hydrogen) atoms. The van der Waals surface area contributed by atoms with Gasteiger partial charge in [-0.15, -0.1) is 0 Å². The third-order valence-corrected chi connectivity index (χ3v) is 4.34. The van der Waals surface area contributed by atoms with Crippen molar-refractivity contribution in [1.29, 1.82) is 0 Å². The number of nitrogens with zero attached hydrogens (tertiary/aromatic N) is 1. The predicted octanol–water partition coefficient (Wildman–Crippen LogP) is 3.55. The Morgan fingerprint density at radius 2 is 1.75 bits per heavy atom. The number of hydrogen-bond donors (Lipinski definition) is 1. The van der Waals surface area contributed by atoms with E-state index >= 15 is 0 Å². The minimum Gasteiger partial charge on any atom is -0.352 e. The van der Waals surface area contributed by atoms with Crippen molar-refractivity contribution in [2.45, 2.75) is 71.9 Å². The van der Waals surface area contributed by atoms with Gasteiger partial charge < -0.3 is 10.2 Å². The molecule has 1 N–H and O–H groups in total. The van der Waals surface area contributed by atoms with Gasteiger partial charge >= 0.3 is 0 Å². The fourth-order valence-corrected chi connectivity index (χ4v) is 2.69. The molecular weight excluding hydrogens is 300 g/mol. The molecule has 1 aromatic carbocycles. The molecule has 0 saturated carbocycles. The minimum atomic E-state index is -0.387. The molecule has 1 rings (SSSR count). The van der Waals surface area contributed by atoms with Gasteiger partial charge in [0.25, 0.3) is 0 Å². The molecule has 0 aliphatic rings. The predicted molar refractivity (Wildman–Crippen MR) is 98.7 cm³/mol. The lowest BCUT2D eigenvalue weighted by Crippen LogP contribution is -2.51. The van der Waals surface area contributed by atoms with Crippen molar-refractivity contribution in [1.82, 2.24) is 10.2 Å². The van der Waals surface area contributed by atoms with Crippen molar-refractivity contribution < 1.29 is 9.59 Å². The lowest BCUT2D eigenvalue weighted by molar-refractivity contribution is -0.141. The topological polar surface area (TPSA) is 49.4 Å². The van der Waals surface area contributed by atoms with Crippen LogP contribution in [0.2, 0.25) is 0 Å². The van der Waals surface area contributed by atoms with Crippen LogP contribution in [0.15, 0.2) is 30.3 Å². The maximum absolute atomic E-state index is 12.6. The molecule has 0 spiro atoms. The number of amides is 2. The van der Waals surface area contributed by atoms with Gasteiger partial charge in [0.1, 0.15) is 6.04 Å². The lowest BCUT2D eigenvalue weighted by atomic mass is 10.1. The van der Waals surface area contributed by atoms with Gasteiger partial charge in [0.15, 0.2) is 0 Å². The molecule has 0 bridgehead atoms. The smallest absolute Gasteiger partial charge is 0.243 e. The zero-order chi connectivity index (χ0) is 17.9. The van der Waals surface area contributed by atoms with E-state index in [0.717, 1.165) is 19.3 Å². The Kier molecular flexibility index (Phi) is 9.13. The molecule has 0 aromatic heterocycles. The summed E-state index contributed by atoms with van der Waals surface area (Å²) in [7, 11) is 0. The minimum absolute atomic E-state index is 0.0376. The maximum atomic E-state index is 12.6. The van der Waals surface area contributed by atoms with Gasteiger partial charge in [-0.05, 0) is 38.2 Å². The monoisotopic (exact) mass is 332 g/mol. The van der Waals surface area contributed by atoms with Crippen molar-refractivity contribution >= 4 is 11.8 Å². The maximum Gasteiger partial charge on any atom is 0.243 e. The lowest BCUT2D eigenvalue weighted by Gasteiger charge is -2.31. The van der Waals surface area contributed by atoms with Crippen LogP contribution >= 0.6 is 0 Å². The van der Waals surface area contributed by atoms with E-state index in [1.54, 1.807) is 4.90 Å². The molecular formula is C20H32N2O2. The Bertz CT molecular complexity index is 502. The van der Waals surface area contributed by atoms with E-state index in [4.69, 9.17) is 0 Å². The van der Waals surface area contributed by atoms with Crippen molar-refractivity contribution in [3.05, 3.63) is 35.9 Å². The van der Waals surface area contributed by atoms with Crippen molar-refractivity contribution in [3.8, 4) is 0 Å². The first kappa shape index (κ1) is 20.2. The number of benzene rings is 1. The first-order chi connectivity index (χ1) is 11.5. The fourth-order valence-electron chi connectivity index (χ4n) is 2.69. The van der Waals surface area contributed by atoms with Gasteiger partial charge in [0, 0.05) is 19.0 Å². The van der Waals surface area contributed by atoms with E-state index in [2.05, 4.69) is 17.4 Å². The number of carbonyl (C=O) groups is 2. The highest BCUT2D eigenvalue weighted by Gasteiger charge is 2.28. The Morgan fingerprint density at radius 1 is 1.08 bits per heavy atom. The highest BCUT2D eigenvalue weighted by molar-refractivity contribution is 5.87. The van der Waals surface area contributed by atoms with Crippen LogP contribution in [0.3, 0.4) is 0 Å². The van der Waals surface area contributed by atoms with Crippen molar-refractivity contribution in [2.24, 2.45) is 0 Å². The third-order valence-electron chi connectivity index (χ3n) is 4.34. The van der Waals surface area contributed by atoms with E-state index in [1.807, 2.05) is 45.9 Å². The van der Waals surface area contributed by atoms with Crippen LogP contribution in [0.1, 0.15) is 58.9 Å². The highest BCUT2D eigenvalue weighted by Crippen LogP contribution is 2.12. The standard InChI is InChI=1S/C20H32N2O2/c1-5-11-19(23)22(15-14-17-12-9-8-10-13-17)18(7-3)20(24)21-16(4)6-2/h8-10,12-13,16,18H,5-7,11,14-15H2,1-4H3,(H,21,24). The summed E-state index contributed by atoms with van der Waals surface area (Å²) >= 11 is 0. The van der Waals surface area contributed by atoms with E-state index in [9.17, 15) is 9.59 Å². The van der Waals surface area contributed by atoms with Crippen LogP contribution in [-0.2, 0) is 16.0 Å². The molecule has 0 heterocycles. The average molecular weight is 332 g/mol. The summed E-state index contributed by atoms with van der Waals surface area (Å²) in [6.45, 7) is 8.58. The largest absolute Gasteiger partial charge is 0.352 e. The Hall–Kier alpha value is -1.84. The van der Waals surface area contributed by atoms with E-state index in [1.165, 1.54) is 5.56 Å². The van der Waals surface area contributed by atoms with Gasteiger partial charge in [0.05, 0.1) is 0 Å². The number of rotatable bonds is 10. The fraction of sp³-hybridized carbons (Fsp3) is 0.600. The molecule has 134 valence electrons. The molecule has 2 amide bonds. The van der Waals surface area contributed by atoms with Crippen molar-refractivity contribution in [2.75, 3.05) is 6.54 Å². The third kappa shape index (κ3) is 6.34. The first-order valence-corrected chi connectivity index (χ1v) is 9.17. The quantitative estimate of drug-likeness (QED) is 0.712. The van der Waals surface area contributed by atoms with E-state index in [-0.39, 0.29) is 23.9 Å². The Labute approximate surface area is 146 Å². The summed E-state index contributed by atoms with van der Waals surface area (Å²) in [4.78, 5) is 26.9. The SMILES string of the molecule is CCCC(=O)N(CCc1ccccc1)C(CC)C(=O)NC(C)CC. The normalized spacial score (nSPS) is 13.2. The van der Waals surface area contributed by atoms with E-state index in [0.29, 0.717) is 19.4 Å². The molecule has 4 heteroatoms. The Balaban J connectivity index is 2.84. The zero-order valence-electron chi connectivity index (χ0n) is 15.5. The molecule has 0 aliphatic heterocycles. The van der Waals surface area contributed by atoms with Gasteiger partial charge in [-0.2, -0.15) is 0 Å². The van der Waals surface area contributed by atoms with Gasteiger partial charge in [0.2, 0.25) is 11.8 Å². The molecule has 0 aliphatic carbocycles. The summed E-state index contributed by atoms with van der Waals surface area (Å²) in [5.41, 5.74) is 1.18. The second kappa shape index (κ2) is 10.8.